The molecular weight excluding hydrogens is 238 g/mol. The van der Waals surface area contributed by atoms with Gasteiger partial charge in [-0.25, -0.2) is 0 Å². The fraction of sp³-hybridized carbons (Fsp3) is 0.562. The summed E-state index contributed by atoms with van der Waals surface area (Å²) in [5, 5.41) is 8.87. The molecule has 0 atom stereocenters. The van der Waals surface area contributed by atoms with Crippen LogP contribution in [0.25, 0.3) is 0 Å². The second-order valence-corrected chi connectivity index (χ2v) is 6.10. The molecule has 19 heavy (non-hydrogen) atoms. The molecule has 3 heteroatoms. The summed E-state index contributed by atoms with van der Waals surface area (Å²) in [5.74, 6) is -0.741. The van der Waals surface area contributed by atoms with E-state index in [1.54, 1.807) is 0 Å². The molecule has 0 heterocycles. The number of carboxylic acid groups (broad SMARTS) is 1. The monoisotopic (exact) mass is 263 g/mol. The Morgan fingerprint density at radius 3 is 2.42 bits per heavy atom. The minimum Gasteiger partial charge on any atom is -0.481 e. The molecule has 0 saturated heterocycles. The van der Waals surface area contributed by atoms with E-state index in [-0.39, 0.29) is 12.0 Å². The highest BCUT2D eigenvalue weighted by Gasteiger charge is 2.22. The molecule has 0 radical (unpaired) electrons. The first-order valence-electron chi connectivity index (χ1n) is 6.73. The Balaban J connectivity index is 2.88. The van der Waals surface area contributed by atoms with Crippen LogP contribution >= 0.6 is 0 Å². The Hall–Kier alpha value is -1.35. The minimum atomic E-state index is -0.741. The van der Waals surface area contributed by atoms with Crippen molar-refractivity contribution in [2.24, 2.45) is 0 Å². The second-order valence-electron chi connectivity index (χ2n) is 6.10. The molecule has 1 aromatic rings. The number of hydrogen-bond donors (Lipinski definition) is 1. The van der Waals surface area contributed by atoms with Crippen molar-refractivity contribution in [1.29, 1.82) is 0 Å². The Morgan fingerprint density at radius 1 is 1.26 bits per heavy atom. The molecule has 0 saturated carbocycles. The zero-order valence-electron chi connectivity index (χ0n) is 12.7. The molecule has 0 spiro atoms. The first kappa shape index (κ1) is 15.7. The lowest BCUT2D eigenvalue weighted by molar-refractivity contribution is -0.137. The molecule has 106 valence electrons. The van der Waals surface area contributed by atoms with Gasteiger partial charge in [0.05, 0.1) is 6.42 Å². The van der Waals surface area contributed by atoms with Crippen molar-refractivity contribution in [3.8, 4) is 0 Å². The largest absolute Gasteiger partial charge is 0.481 e. The molecule has 0 aliphatic heterocycles. The van der Waals surface area contributed by atoms with Gasteiger partial charge in [0, 0.05) is 18.6 Å². The number of carbonyl (C=O) groups is 1. The Kier molecular flexibility index (Phi) is 5.12. The lowest BCUT2D eigenvalue weighted by Crippen LogP contribution is -2.42. The zero-order chi connectivity index (χ0) is 14.6. The number of aliphatic carboxylic acids is 1. The first-order chi connectivity index (χ1) is 8.71. The van der Waals surface area contributed by atoms with Crippen molar-refractivity contribution < 1.29 is 9.90 Å². The molecule has 0 unspecified atom stereocenters. The third-order valence-electron chi connectivity index (χ3n) is 3.62. The van der Waals surface area contributed by atoms with Gasteiger partial charge in [0.1, 0.15) is 0 Å². The predicted molar refractivity (Wildman–Crippen MR) is 78.3 cm³/mol. The SMILES string of the molecule is Cc1cccc(CN(CCC(=O)O)C(C)(C)C)c1C. The molecule has 1 N–H and O–H groups in total. The molecule has 0 amide bonds. The van der Waals surface area contributed by atoms with Crippen LogP contribution in [0.1, 0.15) is 43.9 Å². The Morgan fingerprint density at radius 2 is 1.89 bits per heavy atom. The molecule has 1 rings (SSSR count). The third kappa shape index (κ3) is 4.67. The number of hydrogen-bond acceptors (Lipinski definition) is 2. The van der Waals surface area contributed by atoms with Crippen LogP contribution in [0, 0.1) is 13.8 Å². The van der Waals surface area contributed by atoms with Crippen LogP contribution in [0.5, 0.6) is 0 Å². The van der Waals surface area contributed by atoms with Crippen molar-refractivity contribution in [1.82, 2.24) is 4.90 Å². The molecule has 0 aromatic heterocycles. The van der Waals surface area contributed by atoms with Crippen molar-refractivity contribution in [2.45, 2.75) is 53.1 Å². The molecule has 0 bridgehead atoms. The molecule has 0 aliphatic rings. The number of rotatable bonds is 5. The van der Waals surface area contributed by atoms with E-state index >= 15 is 0 Å². The normalized spacial score (nSPS) is 11.9. The summed E-state index contributed by atoms with van der Waals surface area (Å²) < 4.78 is 0. The van der Waals surface area contributed by atoms with Gasteiger partial charge >= 0.3 is 5.97 Å². The van der Waals surface area contributed by atoms with Gasteiger partial charge in [-0.05, 0) is 51.3 Å². The smallest absolute Gasteiger partial charge is 0.304 e. The van der Waals surface area contributed by atoms with Crippen LogP contribution < -0.4 is 0 Å². The van der Waals surface area contributed by atoms with Crippen LogP contribution in [0.2, 0.25) is 0 Å². The van der Waals surface area contributed by atoms with Gasteiger partial charge in [0.2, 0.25) is 0 Å². The van der Waals surface area contributed by atoms with Crippen molar-refractivity contribution in [2.75, 3.05) is 6.54 Å². The van der Waals surface area contributed by atoms with Gasteiger partial charge in [0.25, 0.3) is 0 Å². The second kappa shape index (κ2) is 6.20. The maximum absolute atomic E-state index is 10.8. The summed E-state index contributed by atoms with van der Waals surface area (Å²) in [6, 6.07) is 6.30. The van der Waals surface area contributed by atoms with E-state index in [1.165, 1.54) is 16.7 Å². The van der Waals surface area contributed by atoms with E-state index in [2.05, 4.69) is 57.7 Å². The van der Waals surface area contributed by atoms with Crippen molar-refractivity contribution >= 4 is 5.97 Å². The fourth-order valence-electron chi connectivity index (χ4n) is 2.07. The molecular formula is C16H25NO2. The summed E-state index contributed by atoms with van der Waals surface area (Å²) in [6.45, 7) is 12.0. The van der Waals surface area contributed by atoms with E-state index in [9.17, 15) is 4.79 Å². The number of aryl methyl sites for hydroxylation is 1. The number of carboxylic acids is 1. The summed E-state index contributed by atoms with van der Waals surface area (Å²) >= 11 is 0. The highest BCUT2D eigenvalue weighted by Crippen LogP contribution is 2.21. The van der Waals surface area contributed by atoms with Gasteiger partial charge in [-0.2, -0.15) is 0 Å². The molecule has 0 aliphatic carbocycles. The average Bonchev–Trinajstić information content (AvgIpc) is 2.27. The lowest BCUT2D eigenvalue weighted by atomic mass is 9.99. The zero-order valence-corrected chi connectivity index (χ0v) is 12.7. The Labute approximate surface area is 116 Å². The van der Waals surface area contributed by atoms with Gasteiger partial charge < -0.3 is 5.11 Å². The maximum atomic E-state index is 10.8. The van der Waals surface area contributed by atoms with Gasteiger partial charge in [-0.1, -0.05) is 18.2 Å². The Bertz CT molecular complexity index is 447. The van der Waals surface area contributed by atoms with E-state index in [4.69, 9.17) is 5.11 Å². The summed E-state index contributed by atoms with van der Waals surface area (Å²) in [7, 11) is 0. The standard InChI is InChI=1S/C16H25NO2/c1-12-7-6-8-14(13(12)2)11-17(16(3,4)5)10-9-15(18)19/h6-8H,9-11H2,1-5H3,(H,18,19). The lowest BCUT2D eigenvalue weighted by Gasteiger charge is -2.36. The van der Waals surface area contributed by atoms with Crippen LogP contribution in [0.3, 0.4) is 0 Å². The van der Waals surface area contributed by atoms with Gasteiger partial charge in [-0.15, -0.1) is 0 Å². The van der Waals surface area contributed by atoms with Crippen LogP contribution in [-0.4, -0.2) is 28.1 Å². The average molecular weight is 263 g/mol. The quantitative estimate of drug-likeness (QED) is 0.885. The third-order valence-corrected chi connectivity index (χ3v) is 3.62. The van der Waals surface area contributed by atoms with Crippen LogP contribution in [0.4, 0.5) is 0 Å². The van der Waals surface area contributed by atoms with Crippen molar-refractivity contribution in [3.05, 3.63) is 34.9 Å². The van der Waals surface area contributed by atoms with Crippen LogP contribution in [0.15, 0.2) is 18.2 Å². The van der Waals surface area contributed by atoms with E-state index < -0.39 is 5.97 Å². The number of nitrogens with zero attached hydrogens (tertiary/aromatic N) is 1. The predicted octanol–water partition coefficient (Wildman–Crippen LogP) is 3.38. The minimum absolute atomic E-state index is 0.0361. The molecule has 0 fully saturated rings. The summed E-state index contributed by atoms with van der Waals surface area (Å²) in [6.07, 6.45) is 0.183. The summed E-state index contributed by atoms with van der Waals surface area (Å²) in [4.78, 5) is 13.0. The molecule has 3 nitrogen and oxygen atoms in total. The van der Waals surface area contributed by atoms with Crippen LogP contribution in [-0.2, 0) is 11.3 Å². The first-order valence-corrected chi connectivity index (χ1v) is 6.73. The summed E-state index contributed by atoms with van der Waals surface area (Å²) in [5.41, 5.74) is 3.82. The highest BCUT2D eigenvalue weighted by molar-refractivity contribution is 5.66. The van der Waals surface area contributed by atoms with E-state index in [0.29, 0.717) is 6.54 Å². The highest BCUT2D eigenvalue weighted by atomic mass is 16.4. The van der Waals surface area contributed by atoms with Gasteiger partial charge in [0.15, 0.2) is 0 Å². The fourth-order valence-corrected chi connectivity index (χ4v) is 2.07. The van der Waals surface area contributed by atoms with E-state index in [0.717, 1.165) is 6.54 Å². The number of benzene rings is 1. The maximum Gasteiger partial charge on any atom is 0.304 e. The van der Waals surface area contributed by atoms with Gasteiger partial charge in [-0.3, -0.25) is 9.69 Å². The van der Waals surface area contributed by atoms with E-state index in [1.807, 2.05) is 0 Å². The molecule has 1 aromatic carbocycles. The topological polar surface area (TPSA) is 40.5 Å². The van der Waals surface area contributed by atoms with Crippen molar-refractivity contribution in [3.63, 3.8) is 0 Å².